The zero-order valence-electron chi connectivity index (χ0n) is 11.9. The molecule has 106 valence electrons. The first-order chi connectivity index (χ1) is 9.31. The fourth-order valence-corrected chi connectivity index (χ4v) is 2.78. The van der Waals surface area contributed by atoms with Gasteiger partial charge in [-0.15, -0.1) is 0 Å². The molecule has 19 heavy (non-hydrogen) atoms. The molecule has 1 saturated heterocycles. The number of hydrogen-bond donors (Lipinski definition) is 2. The maximum atomic E-state index is 9.07. The molecule has 2 N–H and O–H groups in total. The van der Waals surface area contributed by atoms with E-state index >= 15 is 0 Å². The Kier molecular flexibility index (Phi) is 5.83. The van der Waals surface area contributed by atoms with Crippen LogP contribution in [-0.4, -0.2) is 35.7 Å². The van der Waals surface area contributed by atoms with Gasteiger partial charge in [0.15, 0.2) is 0 Å². The normalized spacial score (nSPS) is 19.2. The Morgan fingerprint density at radius 3 is 2.58 bits per heavy atom. The van der Waals surface area contributed by atoms with Crippen LogP contribution in [0.25, 0.3) is 0 Å². The van der Waals surface area contributed by atoms with Crippen LogP contribution < -0.4 is 5.32 Å². The van der Waals surface area contributed by atoms with Crippen molar-refractivity contribution in [3.05, 3.63) is 35.4 Å². The van der Waals surface area contributed by atoms with E-state index in [1.54, 1.807) is 0 Å². The van der Waals surface area contributed by atoms with Crippen LogP contribution in [0.5, 0.6) is 0 Å². The van der Waals surface area contributed by atoms with Crippen molar-refractivity contribution in [2.45, 2.75) is 45.4 Å². The van der Waals surface area contributed by atoms with Gasteiger partial charge in [0.2, 0.25) is 0 Å². The van der Waals surface area contributed by atoms with Gasteiger partial charge < -0.3 is 10.4 Å². The van der Waals surface area contributed by atoms with Crippen LogP contribution in [0.4, 0.5) is 0 Å². The Morgan fingerprint density at radius 2 is 2.00 bits per heavy atom. The minimum absolute atomic E-state index is 0.130. The molecule has 1 heterocycles. The number of nitrogens with zero attached hydrogens (tertiary/aromatic N) is 1. The fourth-order valence-electron chi connectivity index (χ4n) is 2.78. The molecule has 0 saturated carbocycles. The summed E-state index contributed by atoms with van der Waals surface area (Å²) in [6.07, 6.45) is 3.82. The highest BCUT2D eigenvalue weighted by Gasteiger charge is 2.17. The maximum Gasteiger partial charge on any atom is 0.0681 e. The van der Waals surface area contributed by atoms with Gasteiger partial charge in [0.25, 0.3) is 0 Å². The summed E-state index contributed by atoms with van der Waals surface area (Å²) in [5.74, 6) is 0. The second-order valence-electron chi connectivity index (χ2n) is 5.50. The second kappa shape index (κ2) is 7.63. The van der Waals surface area contributed by atoms with Crippen LogP contribution in [0, 0.1) is 0 Å². The molecule has 3 nitrogen and oxygen atoms in total. The first-order valence-electron chi connectivity index (χ1n) is 7.46. The molecule has 1 fully saturated rings. The van der Waals surface area contributed by atoms with E-state index in [1.165, 1.54) is 31.4 Å². The summed E-state index contributed by atoms with van der Waals surface area (Å²) in [6.45, 7) is 6.86. The minimum Gasteiger partial charge on any atom is -0.392 e. The molecule has 1 aromatic carbocycles. The molecule has 0 bridgehead atoms. The van der Waals surface area contributed by atoms with E-state index in [2.05, 4.69) is 29.3 Å². The maximum absolute atomic E-state index is 9.07. The first kappa shape index (κ1) is 14.5. The number of hydrogen-bond acceptors (Lipinski definition) is 3. The standard InChI is InChI=1S/C16H26N2O/c1-2-10-18(12-16-4-3-9-17-16)11-14-5-7-15(13-19)8-6-14/h5-8,16-17,19H,2-4,9-13H2,1H3. The Balaban J connectivity index is 1.90. The zero-order valence-corrected chi connectivity index (χ0v) is 11.9. The lowest BCUT2D eigenvalue weighted by molar-refractivity contribution is 0.241. The highest BCUT2D eigenvalue weighted by atomic mass is 16.3. The third-order valence-electron chi connectivity index (χ3n) is 3.79. The number of rotatable bonds is 7. The van der Waals surface area contributed by atoms with Gasteiger partial charge in [0, 0.05) is 19.1 Å². The lowest BCUT2D eigenvalue weighted by Crippen LogP contribution is -2.37. The third kappa shape index (κ3) is 4.60. The van der Waals surface area contributed by atoms with Crippen LogP contribution in [-0.2, 0) is 13.2 Å². The summed E-state index contributed by atoms with van der Waals surface area (Å²) in [4.78, 5) is 2.54. The SMILES string of the molecule is CCCN(Cc1ccc(CO)cc1)CC1CCCN1. The predicted molar refractivity (Wildman–Crippen MR) is 79.0 cm³/mol. The molecular formula is C16H26N2O. The van der Waals surface area contributed by atoms with Crippen molar-refractivity contribution in [1.82, 2.24) is 10.2 Å². The molecule has 0 aromatic heterocycles. The van der Waals surface area contributed by atoms with Gasteiger partial charge in [0.05, 0.1) is 6.61 Å². The second-order valence-corrected chi connectivity index (χ2v) is 5.50. The molecule has 2 rings (SSSR count). The van der Waals surface area contributed by atoms with Crippen molar-refractivity contribution in [2.75, 3.05) is 19.6 Å². The van der Waals surface area contributed by atoms with Crippen molar-refractivity contribution in [2.24, 2.45) is 0 Å². The minimum atomic E-state index is 0.130. The van der Waals surface area contributed by atoms with Crippen molar-refractivity contribution in [1.29, 1.82) is 0 Å². The van der Waals surface area contributed by atoms with Gasteiger partial charge in [-0.1, -0.05) is 31.2 Å². The van der Waals surface area contributed by atoms with Crippen LogP contribution in [0.3, 0.4) is 0 Å². The lowest BCUT2D eigenvalue weighted by atomic mass is 10.1. The lowest BCUT2D eigenvalue weighted by Gasteiger charge is -2.25. The Morgan fingerprint density at radius 1 is 1.26 bits per heavy atom. The number of aliphatic hydroxyl groups excluding tert-OH is 1. The van der Waals surface area contributed by atoms with E-state index in [4.69, 9.17) is 5.11 Å². The van der Waals surface area contributed by atoms with Gasteiger partial charge in [0.1, 0.15) is 0 Å². The zero-order chi connectivity index (χ0) is 13.5. The van der Waals surface area contributed by atoms with E-state index in [9.17, 15) is 0 Å². The first-order valence-corrected chi connectivity index (χ1v) is 7.46. The third-order valence-corrected chi connectivity index (χ3v) is 3.79. The van der Waals surface area contributed by atoms with Gasteiger partial charge in [-0.3, -0.25) is 4.90 Å². The molecule has 1 aromatic rings. The average molecular weight is 262 g/mol. The van der Waals surface area contributed by atoms with E-state index in [-0.39, 0.29) is 6.61 Å². The molecule has 0 spiro atoms. The van der Waals surface area contributed by atoms with Crippen LogP contribution in [0.1, 0.15) is 37.3 Å². The van der Waals surface area contributed by atoms with E-state index in [1.807, 2.05) is 12.1 Å². The average Bonchev–Trinajstić information content (AvgIpc) is 2.93. The van der Waals surface area contributed by atoms with Gasteiger partial charge in [-0.2, -0.15) is 0 Å². The smallest absolute Gasteiger partial charge is 0.0681 e. The molecule has 0 radical (unpaired) electrons. The molecule has 0 amide bonds. The highest BCUT2D eigenvalue weighted by molar-refractivity contribution is 5.21. The van der Waals surface area contributed by atoms with Gasteiger partial charge >= 0.3 is 0 Å². The molecular weight excluding hydrogens is 236 g/mol. The molecule has 3 heteroatoms. The Bertz CT molecular complexity index is 358. The Labute approximate surface area is 116 Å². The van der Waals surface area contributed by atoms with E-state index in [0.717, 1.165) is 25.2 Å². The number of aliphatic hydroxyl groups is 1. The number of benzene rings is 1. The van der Waals surface area contributed by atoms with E-state index in [0.29, 0.717) is 6.04 Å². The van der Waals surface area contributed by atoms with Crippen LogP contribution in [0.2, 0.25) is 0 Å². The predicted octanol–water partition coefficient (Wildman–Crippen LogP) is 2.14. The summed E-state index contributed by atoms with van der Waals surface area (Å²) in [7, 11) is 0. The molecule has 1 atom stereocenters. The summed E-state index contributed by atoms with van der Waals surface area (Å²) >= 11 is 0. The summed E-state index contributed by atoms with van der Waals surface area (Å²) < 4.78 is 0. The summed E-state index contributed by atoms with van der Waals surface area (Å²) in [5.41, 5.74) is 2.33. The Hall–Kier alpha value is -0.900. The van der Waals surface area contributed by atoms with Crippen molar-refractivity contribution >= 4 is 0 Å². The number of nitrogens with one attached hydrogen (secondary N) is 1. The quantitative estimate of drug-likeness (QED) is 0.790. The largest absolute Gasteiger partial charge is 0.392 e. The molecule has 0 aliphatic carbocycles. The highest BCUT2D eigenvalue weighted by Crippen LogP contribution is 2.12. The van der Waals surface area contributed by atoms with Crippen molar-refractivity contribution in [3.8, 4) is 0 Å². The monoisotopic (exact) mass is 262 g/mol. The molecule has 1 aliphatic rings. The summed E-state index contributed by atoms with van der Waals surface area (Å²) in [6, 6.07) is 8.98. The van der Waals surface area contributed by atoms with E-state index < -0.39 is 0 Å². The fraction of sp³-hybridized carbons (Fsp3) is 0.625. The topological polar surface area (TPSA) is 35.5 Å². The van der Waals surface area contributed by atoms with Crippen molar-refractivity contribution in [3.63, 3.8) is 0 Å². The molecule has 1 unspecified atom stereocenters. The molecule has 1 aliphatic heterocycles. The summed E-state index contributed by atoms with van der Waals surface area (Å²) in [5, 5.41) is 12.6. The van der Waals surface area contributed by atoms with Crippen LogP contribution in [0.15, 0.2) is 24.3 Å². The van der Waals surface area contributed by atoms with Gasteiger partial charge in [-0.25, -0.2) is 0 Å². The van der Waals surface area contributed by atoms with Crippen molar-refractivity contribution < 1.29 is 5.11 Å². The van der Waals surface area contributed by atoms with Gasteiger partial charge in [-0.05, 0) is 43.5 Å². The van der Waals surface area contributed by atoms with Crippen LogP contribution >= 0.6 is 0 Å².